The molecule has 0 spiro atoms. The molecule has 156 valence electrons. The summed E-state index contributed by atoms with van der Waals surface area (Å²) in [6.07, 6.45) is 5.63. The van der Waals surface area contributed by atoms with Gasteiger partial charge >= 0.3 is 0 Å². The van der Waals surface area contributed by atoms with Gasteiger partial charge < -0.3 is 14.7 Å². The Morgan fingerprint density at radius 1 is 1.30 bits per heavy atom. The van der Waals surface area contributed by atoms with E-state index in [1.807, 2.05) is 0 Å². The van der Waals surface area contributed by atoms with Crippen LogP contribution in [0.25, 0.3) is 5.65 Å². The summed E-state index contributed by atoms with van der Waals surface area (Å²) in [5.74, 6) is -0.00374. The highest BCUT2D eigenvalue weighted by Gasteiger charge is 2.38. The largest absolute Gasteiger partial charge is 0.388 e. The molecule has 1 fully saturated rings. The van der Waals surface area contributed by atoms with Gasteiger partial charge in [0, 0.05) is 37.6 Å². The van der Waals surface area contributed by atoms with Crippen LogP contribution in [0, 0.1) is 5.41 Å². The Labute approximate surface area is 175 Å². The molecule has 3 heterocycles. The summed E-state index contributed by atoms with van der Waals surface area (Å²) >= 11 is 0. The van der Waals surface area contributed by atoms with Crippen LogP contribution < -0.4 is 4.90 Å². The first-order valence-electron chi connectivity index (χ1n) is 10.4. The predicted molar refractivity (Wildman–Crippen MR) is 113 cm³/mol. The molecule has 3 aromatic rings. The van der Waals surface area contributed by atoms with E-state index in [0.717, 1.165) is 41.9 Å². The molecule has 1 aliphatic carbocycles. The number of Topliss-reactive ketones (excluding diaryl/α,β-unsaturated/α-hetero) is 1. The Morgan fingerprint density at radius 3 is 2.90 bits per heavy atom. The van der Waals surface area contributed by atoms with Crippen LogP contribution >= 0.6 is 0 Å². The highest BCUT2D eigenvalue weighted by Crippen LogP contribution is 2.47. The Morgan fingerprint density at radius 2 is 2.10 bits per heavy atom. The average molecular weight is 406 g/mol. The lowest BCUT2D eigenvalue weighted by atomic mass is 9.87. The number of benzene rings is 1. The van der Waals surface area contributed by atoms with Gasteiger partial charge in [-0.1, -0.05) is 19.9 Å². The highest BCUT2D eigenvalue weighted by atomic mass is 16.5. The summed E-state index contributed by atoms with van der Waals surface area (Å²) in [5, 5.41) is 15.1. The Balaban J connectivity index is 1.54. The molecule has 0 saturated carbocycles. The molecule has 2 aromatic heterocycles. The van der Waals surface area contributed by atoms with Crippen molar-refractivity contribution in [3.8, 4) is 0 Å². The Bertz CT molecular complexity index is 1110. The first kappa shape index (κ1) is 19.2. The molecular formula is C23H26N4O3. The summed E-state index contributed by atoms with van der Waals surface area (Å²) < 4.78 is 7.14. The summed E-state index contributed by atoms with van der Waals surface area (Å²) in [6, 6.07) is 6.00. The number of nitrogens with zero attached hydrogens (tertiary/aromatic N) is 4. The molecule has 2 aliphatic rings. The monoisotopic (exact) mass is 406 g/mol. The minimum atomic E-state index is -0.499. The van der Waals surface area contributed by atoms with Gasteiger partial charge in [-0.05, 0) is 40.7 Å². The average Bonchev–Trinajstić information content (AvgIpc) is 3.27. The molecule has 30 heavy (non-hydrogen) atoms. The highest BCUT2D eigenvalue weighted by molar-refractivity contribution is 6.03. The molecular weight excluding hydrogens is 380 g/mol. The van der Waals surface area contributed by atoms with E-state index in [9.17, 15) is 9.90 Å². The summed E-state index contributed by atoms with van der Waals surface area (Å²) in [5.41, 5.74) is 5.02. The molecule has 1 aliphatic heterocycles. The second kappa shape index (κ2) is 7.18. The van der Waals surface area contributed by atoms with E-state index < -0.39 is 6.10 Å². The normalized spacial score (nSPS) is 20.5. The van der Waals surface area contributed by atoms with Crippen molar-refractivity contribution in [1.82, 2.24) is 14.6 Å². The number of anilines is 1. The van der Waals surface area contributed by atoms with Crippen LogP contribution in [0.4, 0.5) is 5.69 Å². The van der Waals surface area contributed by atoms with Gasteiger partial charge in [-0.15, -0.1) is 0 Å². The van der Waals surface area contributed by atoms with Gasteiger partial charge in [0.15, 0.2) is 11.4 Å². The summed E-state index contributed by atoms with van der Waals surface area (Å²) in [4.78, 5) is 19.8. The first-order chi connectivity index (χ1) is 14.4. The van der Waals surface area contributed by atoms with Gasteiger partial charge in [0.25, 0.3) is 0 Å². The van der Waals surface area contributed by atoms with Crippen molar-refractivity contribution < 1.29 is 14.6 Å². The minimum absolute atomic E-state index is 0.00374. The van der Waals surface area contributed by atoms with Gasteiger partial charge in [0.2, 0.25) is 0 Å². The SMILES string of the molecule is CC1(C)Cc2cc(CC(=O)c3cnn4cccnc34)c(N3CCOCC3)cc2[C@H]1O. The third-order valence-electron chi connectivity index (χ3n) is 6.30. The van der Waals surface area contributed by atoms with Gasteiger partial charge in [0.05, 0.1) is 31.1 Å². The number of fused-ring (bicyclic) bond motifs is 2. The van der Waals surface area contributed by atoms with Crippen LogP contribution in [0.5, 0.6) is 0 Å². The second-order valence-corrected chi connectivity index (χ2v) is 8.89. The number of carbonyl (C=O) groups excluding carboxylic acids is 1. The maximum atomic E-state index is 13.2. The molecule has 0 bridgehead atoms. The van der Waals surface area contributed by atoms with Crippen LogP contribution in [0.1, 0.15) is 47.0 Å². The number of morpholine rings is 1. The van der Waals surface area contributed by atoms with Gasteiger partial charge in [-0.2, -0.15) is 5.10 Å². The first-order valence-corrected chi connectivity index (χ1v) is 10.4. The molecule has 0 amide bonds. The fourth-order valence-corrected chi connectivity index (χ4v) is 4.65. The van der Waals surface area contributed by atoms with Crippen LogP contribution in [0.15, 0.2) is 36.8 Å². The molecule has 7 nitrogen and oxygen atoms in total. The molecule has 1 N–H and O–H groups in total. The standard InChI is InChI=1S/C23H26N4O3/c1-23(2)13-16-10-15(11-20(28)18-14-25-27-5-3-4-24-22(18)27)19(12-17(16)21(23)29)26-6-8-30-9-7-26/h3-5,10,12,14,21,29H,6-9,11,13H2,1-2H3/t21-/m1/s1. The summed E-state index contributed by atoms with van der Waals surface area (Å²) in [7, 11) is 0. The summed E-state index contributed by atoms with van der Waals surface area (Å²) in [6.45, 7) is 7.05. The van der Waals surface area contributed by atoms with Gasteiger partial charge in [-0.3, -0.25) is 4.79 Å². The zero-order valence-corrected chi connectivity index (χ0v) is 17.3. The van der Waals surface area contributed by atoms with Crippen LogP contribution in [0.2, 0.25) is 0 Å². The lowest BCUT2D eigenvalue weighted by molar-refractivity contribution is 0.0666. The molecule has 5 rings (SSSR count). The van der Waals surface area contributed by atoms with E-state index in [1.165, 1.54) is 0 Å². The third kappa shape index (κ3) is 3.18. The number of rotatable bonds is 4. The van der Waals surface area contributed by atoms with Crippen LogP contribution in [-0.4, -0.2) is 51.8 Å². The van der Waals surface area contributed by atoms with Crippen molar-refractivity contribution in [3.63, 3.8) is 0 Å². The van der Waals surface area contributed by atoms with E-state index in [-0.39, 0.29) is 17.6 Å². The molecule has 0 radical (unpaired) electrons. The molecule has 1 saturated heterocycles. The van der Waals surface area contributed by atoms with Crippen LogP contribution in [-0.2, 0) is 17.6 Å². The maximum absolute atomic E-state index is 13.2. The fraction of sp³-hybridized carbons (Fsp3) is 0.435. The van der Waals surface area contributed by atoms with Gasteiger partial charge in [0.1, 0.15) is 0 Å². The lowest BCUT2D eigenvalue weighted by Gasteiger charge is -2.31. The van der Waals surface area contributed by atoms with Crippen LogP contribution in [0.3, 0.4) is 0 Å². The lowest BCUT2D eigenvalue weighted by Crippen LogP contribution is -2.37. The number of hydrogen-bond donors (Lipinski definition) is 1. The van der Waals surface area contributed by atoms with Crippen molar-refractivity contribution in [2.75, 3.05) is 31.2 Å². The number of ether oxygens (including phenoxy) is 1. The van der Waals surface area contributed by atoms with Crippen molar-refractivity contribution in [3.05, 3.63) is 59.0 Å². The molecule has 0 unspecified atom stereocenters. The van der Waals surface area contributed by atoms with Crippen molar-refractivity contribution in [2.24, 2.45) is 5.41 Å². The number of hydrogen-bond acceptors (Lipinski definition) is 6. The van der Waals surface area contributed by atoms with E-state index in [1.54, 1.807) is 29.2 Å². The molecule has 7 heteroatoms. The van der Waals surface area contributed by atoms with E-state index in [4.69, 9.17) is 4.74 Å². The number of aromatic nitrogens is 3. The predicted octanol–water partition coefficient (Wildman–Crippen LogP) is 2.61. The number of aliphatic hydroxyl groups is 1. The quantitative estimate of drug-likeness (QED) is 0.671. The Kier molecular flexibility index (Phi) is 4.60. The molecule has 1 atom stereocenters. The third-order valence-corrected chi connectivity index (χ3v) is 6.30. The van der Waals surface area contributed by atoms with E-state index in [0.29, 0.717) is 24.4 Å². The van der Waals surface area contributed by atoms with E-state index in [2.05, 4.69) is 41.0 Å². The van der Waals surface area contributed by atoms with Crippen molar-refractivity contribution in [2.45, 2.75) is 32.8 Å². The maximum Gasteiger partial charge on any atom is 0.172 e. The van der Waals surface area contributed by atoms with E-state index >= 15 is 0 Å². The van der Waals surface area contributed by atoms with Gasteiger partial charge in [-0.25, -0.2) is 9.50 Å². The fourth-order valence-electron chi connectivity index (χ4n) is 4.65. The van der Waals surface area contributed by atoms with Crippen molar-refractivity contribution in [1.29, 1.82) is 0 Å². The minimum Gasteiger partial charge on any atom is -0.388 e. The smallest absolute Gasteiger partial charge is 0.172 e. The number of carbonyl (C=O) groups is 1. The number of ketones is 1. The topological polar surface area (TPSA) is 80.0 Å². The number of aliphatic hydroxyl groups excluding tert-OH is 1. The Hall–Kier alpha value is -2.77. The zero-order valence-electron chi connectivity index (χ0n) is 17.3. The second-order valence-electron chi connectivity index (χ2n) is 8.89. The van der Waals surface area contributed by atoms with Crippen molar-refractivity contribution >= 4 is 17.1 Å². The molecule has 1 aromatic carbocycles. The zero-order chi connectivity index (χ0) is 20.9.